The number of rotatable bonds is 5. The predicted octanol–water partition coefficient (Wildman–Crippen LogP) is 6.00. The van der Waals surface area contributed by atoms with Gasteiger partial charge in [0.2, 0.25) is 5.91 Å². The summed E-state index contributed by atoms with van der Waals surface area (Å²) in [5.74, 6) is 0.0554. The number of para-hydroxylation sites is 2. The van der Waals surface area contributed by atoms with Crippen LogP contribution in [0.25, 0.3) is 22.4 Å². The minimum atomic E-state index is -0.489. The first-order chi connectivity index (χ1) is 17.7. The maximum absolute atomic E-state index is 13.3. The summed E-state index contributed by atoms with van der Waals surface area (Å²) in [6.07, 6.45) is 3.49. The molecule has 1 aliphatic rings. The van der Waals surface area contributed by atoms with E-state index in [1.54, 1.807) is 47.3 Å². The summed E-state index contributed by atoms with van der Waals surface area (Å²) in [4.78, 5) is 41.6. The second-order valence-corrected chi connectivity index (χ2v) is 9.30. The molecule has 0 radical (unpaired) electrons. The van der Waals surface area contributed by atoms with E-state index < -0.39 is 5.97 Å². The summed E-state index contributed by atoms with van der Waals surface area (Å²) in [5, 5.41) is 0. The lowest BCUT2D eigenvalue weighted by Gasteiger charge is -2.31. The number of carbonyl (C=O) groups excluding carboxylic acids is 2. The number of hydrogen-bond acceptors (Lipinski definition) is 6. The molecule has 1 N–H and O–H groups in total. The van der Waals surface area contributed by atoms with Crippen LogP contribution >= 0.6 is 11.8 Å². The van der Waals surface area contributed by atoms with Crippen LogP contribution in [-0.2, 0) is 9.53 Å². The first-order valence-electron chi connectivity index (χ1n) is 11.4. The molecule has 8 heteroatoms. The van der Waals surface area contributed by atoms with Crippen molar-refractivity contribution in [2.45, 2.75) is 16.2 Å². The number of fused-ring (bicyclic) bond motifs is 3. The fraction of sp³-hybridized carbons (Fsp3) is 0.0714. The van der Waals surface area contributed by atoms with Crippen molar-refractivity contribution in [3.8, 4) is 11.4 Å². The normalized spacial score (nSPS) is 12.2. The maximum Gasteiger partial charge on any atom is 0.338 e. The Bertz CT molecular complexity index is 1550. The molecule has 0 atom stereocenters. The monoisotopic (exact) mass is 492 g/mol. The third-order valence-corrected chi connectivity index (χ3v) is 7.01. The van der Waals surface area contributed by atoms with Crippen molar-refractivity contribution in [3.63, 3.8) is 0 Å². The molecule has 176 valence electrons. The number of anilines is 2. The standard InChI is InChI=1S/C28H20N4O3S/c33-26(32-22-7-1-3-9-24(22)36-25-10-4-2-8-23(25)32)13-15-35-28(34)18-11-12-20-21(16-18)31-27(30-20)19-6-5-14-29-17-19/h1-12,14,16-17H,13,15H2,(H,30,31). The molecule has 36 heavy (non-hydrogen) atoms. The number of hydrogen-bond donors (Lipinski definition) is 1. The average molecular weight is 493 g/mol. The molecule has 0 fully saturated rings. The van der Waals surface area contributed by atoms with Gasteiger partial charge in [0.1, 0.15) is 12.4 Å². The van der Waals surface area contributed by atoms with Crippen LogP contribution in [0.1, 0.15) is 16.8 Å². The molecule has 3 aromatic carbocycles. The topological polar surface area (TPSA) is 88.2 Å². The SMILES string of the molecule is O=C(OCCC(=O)N1c2ccccc2Sc2ccccc21)c1ccc2nc(-c3cccnc3)[nH]c2c1. The van der Waals surface area contributed by atoms with Crippen molar-refractivity contribution in [1.29, 1.82) is 0 Å². The van der Waals surface area contributed by atoms with Gasteiger partial charge in [-0.15, -0.1) is 0 Å². The summed E-state index contributed by atoms with van der Waals surface area (Å²) in [5.41, 5.74) is 4.38. The van der Waals surface area contributed by atoms with Gasteiger partial charge in [-0.2, -0.15) is 0 Å². The predicted molar refractivity (Wildman–Crippen MR) is 138 cm³/mol. The van der Waals surface area contributed by atoms with Gasteiger partial charge in [-0.1, -0.05) is 36.0 Å². The Morgan fingerprint density at radius 2 is 1.67 bits per heavy atom. The van der Waals surface area contributed by atoms with Gasteiger partial charge in [0, 0.05) is 27.7 Å². The fourth-order valence-electron chi connectivity index (χ4n) is 4.18. The Hall–Kier alpha value is -4.43. The number of H-pyrrole nitrogens is 1. The van der Waals surface area contributed by atoms with Crippen LogP contribution in [-0.4, -0.2) is 33.4 Å². The zero-order chi connectivity index (χ0) is 24.5. The highest BCUT2D eigenvalue weighted by Crippen LogP contribution is 2.48. The summed E-state index contributed by atoms with van der Waals surface area (Å²) < 4.78 is 5.47. The zero-order valence-electron chi connectivity index (χ0n) is 19.0. The Balaban J connectivity index is 1.15. The summed E-state index contributed by atoms with van der Waals surface area (Å²) in [6, 6.07) is 24.5. The molecule has 6 rings (SSSR count). The van der Waals surface area contributed by atoms with E-state index >= 15 is 0 Å². The highest BCUT2D eigenvalue weighted by molar-refractivity contribution is 7.99. The van der Waals surface area contributed by atoms with Crippen LogP contribution < -0.4 is 4.90 Å². The summed E-state index contributed by atoms with van der Waals surface area (Å²) in [6.45, 7) is -0.0202. The molecule has 0 saturated heterocycles. The molecule has 5 aromatic rings. The number of benzene rings is 3. The number of nitrogens with zero attached hydrogens (tertiary/aromatic N) is 3. The van der Waals surface area contributed by atoms with Crippen LogP contribution in [0.2, 0.25) is 0 Å². The van der Waals surface area contributed by atoms with Gasteiger partial charge in [-0.3, -0.25) is 14.7 Å². The summed E-state index contributed by atoms with van der Waals surface area (Å²) in [7, 11) is 0. The molecular weight excluding hydrogens is 472 g/mol. The zero-order valence-corrected chi connectivity index (χ0v) is 19.9. The number of aromatic nitrogens is 3. The van der Waals surface area contributed by atoms with Crippen molar-refractivity contribution >= 4 is 46.0 Å². The highest BCUT2D eigenvalue weighted by atomic mass is 32.2. The van der Waals surface area contributed by atoms with E-state index in [0.29, 0.717) is 11.4 Å². The van der Waals surface area contributed by atoms with Gasteiger partial charge >= 0.3 is 5.97 Å². The molecular formula is C28H20N4O3S. The van der Waals surface area contributed by atoms with Gasteiger partial charge in [0.15, 0.2) is 0 Å². The van der Waals surface area contributed by atoms with Crippen molar-refractivity contribution < 1.29 is 14.3 Å². The highest BCUT2D eigenvalue weighted by Gasteiger charge is 2.27. The lowest BCUT2D eigenvalue weighted by Crippen LogP contribution is -2.29. The number of amides is 1. The molecule has 3 heterocycles. The number of pyridine rings is 1. The van der Waals surface area contributed by atoms with Crippen LogP contribution in [0.5, 0.6) is 0 Å². The van der Waals surface area contributed by atoms with Gasteiger partial charge in [0.05, 0.1) is 34.4 Å². The van der Waals surface area contributed by atoms with E-state index in [9.17, 15) is 9.59 Å². The van der Waals surface area contributed by atoms with E-state index in [2.05, 4.69) is 15.0 Å². The molecule has 0 saturated carbocycles. The van der Waals surface area contributed by atoms with Crippen LogP contribution in [0.4, 0.5) is 11.4 Å². The van der Waals surface area contributed by atoms with Crippen LogP contribution in [0, 0.1) is 0 Å². The smallest absolute Gasteiger partial charge is 0.338 e. The quantitative estimate of drug-likeness (QED) is 0.303. The lowest BCUT2D eigenvalue weighted by molar-refractivity contribution is -0.118. The van der Waals surface area contributed by atoms with Gasteiger partial charge < -0.3 is 9.72 Å². The van der Waals surface area contributed by atoms with Gasteiger partial charge in [-0.25, -0.2) is 9.78 Å². The third-order valence-electron chi connectivity index (χ3n) is 5.88. The largest absolute Gasteiger partial charge is 0.462 e. The van der Waals surface area contributed by atoms with E-state index in [1.165, 1.54) is 0 Å². The molecule has 0 bridgehead atoms. The Morgan fingerprint density at radius 1 is 0.917 bits per heavy atom. The first-order valence-corrected chi connectivity index (χ1v) is 12.3. The number of carbonyl (C=O) groups is 2. The van der Waals surface area contributed by atoms with E-state index in [-0.39, 0.29) is 18.9 Å². The van der Waals surface area contributed by atoms with E-state index in [0.717, 1.165) is 37.8 Å². The molecule has 2 aromatic heterocycles. The van der Waals surface area contributed by atoms with Crippen molar-refractivity contribution in [1.82, 2.24) is 15.0 Å². The Morgan fingerprint density at radius 3 is 2.39 bits per heavy atom. The van der Waals surface area contributed by atoms with Crippen LogP contribution in [0.3, 0.4) is 0 Å². The van der Waals surface area contributed by atoms with E-state index in [4.69, 9.17) is 4.74 Å². The number of ether oxygens (including phenoxy) is 1. The second kappa shape index (κ2) is 9.31. The summed E-state index contributed by atoms with van der Waals surface area (Å²) >= 11 is 1.64. The van der Waals surface area contributed by atoms with Gasteiger partial charge in [-0.05, 0) is 54.6 Å². The molecule has 0 aliphatic carbocycles. The van der Waals surface area contributed by atoms with Crippen LogP contribution in [0.15, 0.2) is 101 Å². The lowest BCUT2D eigenvalue weighted by atomic mass is 10.2. The number of esters is 1. The van der Waals surface area contributed by atoms with Crippen molar-refractivity contribution in [2.75, 3.05) is 11.5 Å². The Labute approximate surface area is 211 Å². The number of imidazole rings is 1. The molecule has 7 nitrogen and oxygen atoms in total. The molecule has 1 aliphatic heterocycles. The van der Waals surface area contributed by atoms with Crippen molar-refractivity contribution in [3.05, 3.63) is 96.8 Å². The minimum absolute atomic E-state index is 0.0202. The number of nitrogens with one attached hydrogen (secondary N) is 1. The Kier molecular flexibility index (Phi) is 5.71. The van der Waals surface area contributed by atoms with Gasteiger partial charge in [0.25, 0.3) is 0 Å². The third kappa shape index (κ3) is 4.12. The molecule has 0 spiro atoms. The minimum Gasteiger partial charge on any atom is -0.462 e. The maximum atomic E-state index is 13.3. The second-order valence-electron chi connectivity index (χ2n) is 8.21. The average Bonchev–Trinajstić information content (AvgIpc) is 3.35. The van der Waals surface area contributed by atoms with Crippen molar-refractivity contribution in [2.24, 2.45) is 0 Å². The number of aromatic amines is 1. The molecule has 1 amide bonds. The molecule has 0 unspecified atom stereocenters. The van der Waals surface area contributed by atoms with E-state index in [1.807, 2.05) is 60.7 Å². The first kappa shape index (κ1) is 22.1. The fourth-order valence-corrected chi connectivity index (χ4v) is 5.23.